The molecule has 0 aromatic heterocycles. The van der Waals surface area contributed by atoms with Crippen LogP contribution in [0.1, 0.15) is 85.0 Å². The van der Waals surface area contributed by atoms with Gasteiger partial charge in [-0.15, -0.1) is 0 Å². The molecule has 0 aliphatic heterocycles. The third kappa shape index (κ3) is 8.30. The molecule has 2 atom stereocenters. The highest BCUT2D eigenvalue weighted by atomic mass is 79.9. The molecule has 0 heterocycles. The number of unbranched alkanes of at least 4 members (excludes halogenated alkanes) is 7. The number of rotatable bonds is 13. The van der Waals surface area contributed by atoms with Crippen LogP contribution in [0.4, 0.5) is 0 Å². The summed E-state index contributed by atoms with van der Waals surface area (Å²) in [5, 5.41) is 0. The first-order valence-corrected chi connectivity index (χ1v) is 9.51. The van der Waals surface area contributed by atoms with Gasteiger partial charge in [0.05, 0.1) is 11.4 Å². The number of ketones is 1. The SMILES string of the molecule is CCCCCCCCCC[C@](C)(Br)C(=O)[C@H](CC)C(=O)OC. The van der Waals surface area contributed by atoms with Crippen LogP contribution in [0, 0.1) is 5.92 Å². The van der Waals surface area contributed by atoms with Gasteiger partial charge in [0, 0.05) is 0 Å². The van der Waals surface area contributed by atoms with Gasteiger partial charge in [0.1, 0.15) is 5.92 Å². The Kier molecular flexibility index (Phi) is 11.9. The maximum atomic E-state index is 12.5. The Balaban J connectivity index is 4.07. The van der Waals surface area contributed by atoms with Gasteiger partial charge in [0.25, 0.3) is 0 Å². The molecule has 0 saturated heterocycles. The average molecular weight is 377 g/mol. The van der Waals surface area contributed by atoms with Crippen LogP contribution in [-0.4, -0.2) is 23.2 Å². The topological polar surface area (TPSA) is 43.4 Å². The molecule has 0 amide bonds. The number of methoxy groups -OCH3 is 1. The Hall–Kier alpha value is -0.380. The van der Waals surface area contributed by atoms with Crippen molar-refractivity contribution in [1.82, 2.24) is 0 Å². The number of ether oxygens (including phenoxy) is 1. The summed E-state index contributed by atoms with van der Waals surface area (Å²) in [6.07, 6.45) is 11.2. The van der Waals surface area contributed by atoms with Gasteiger partial charge < -0.3 is 4.74 Å². The summed E-state index contributed by atoms with van der Waals surface area (Å²) < 4.78 is 4.11. The minimum absolute atomic E-state index is 0.0511. The number of hydrogen-bond donors (Lipinski definition) is 0. The summed E-state index contributed by atoms with van der Waals surface area (Å²) in [5.41, 5.74) is 0. The number of carbonyl (C=O) groups is 2. The molecule has 0 spiro atoms. The fourth-order valence-corrected chi connectivity index (χ4v) is 3.24. The van der Waals surface area contributed by atoms with E-state index in [0.29, 0.717) is 6.42 Å². The van der Waals surface area contributed by atoms with Crippen molar-refractivity contribution in [2.45, 2.75) is 89.3 Å². The van der Waals surface area contributed by atoms with E-state index in [0.717, 1.165) is 19.3 Å². The molecule has 0 radical (unpaired) electrons. The summed E-state index contributed by atoms with van der Waals surface area (Å²) in [6.45, 7) is 5.95. The lowest BCUT2D eigenvalue weighted by molar-refractivity contribution is -0.150. The zero-order valence-electron chi connectivity index (χ0n) is 14.8. The molecule has 0 aliphatic carbocycles. The minimum Gasteiger partial charge on any atom is -0.468 e. The monoisotopic (exact) mass is 376 g/mol. The smallest absolute Gasteiger partial charge is 0.316 e. The van der Waals surface area contributed by atoms with E-state index in [9.17, 15) is 9.59 Å². The second-order valence-electron chi connectivity index (χ2n) is 6.27. The molecule has 130 valence electrons. The van der Waals surface area contributed by atoms with Gasteiger partial charge in [-0.1, -0.05) is 81.1 Å². The minimum atomic E-state index is -0.650. The highest BCUT2D eigenvalue weighted by Crippen LogP contribution is 2.30. The third-order valence-electron chi connectivity index (χ3n) is 4.22. The van der Waals surface area contributed by atoms with Crippen LogP contribution in [0.3, 0.4) is 0 Å². The van der Waals surface area contributed by atoms with Gasteiger partial charge >= 0.3 is 5.97 Å². The van der Waals surface area contributed by atoms with Gasteiger partial charge in [-0.25, -0.2) is 0 Å². The summed E-state index contributed by atoms with van der Waals surface area (Å²) in [5.74, 6) is -1.12. The molecular formula is C18H33BrO3. The maximum absolute atomic E-state index is 12.5. The first kappa shape index (κ1) is 21.6. The van der Waals surface area contributed by atoms with Crippen molar-refractivity contribution in [1.29, 1.82) is 0 Å². The molecule has 22 heavy (non-hydrogen) atoms. The predicted molar refractivity (Wildman–Crippen MR) is 95.4 cm³/mol. The highest BCUT2D eigenvalue weighted by molar-refractivity contribution is 9.10. The van der Waals surface area contributed by atoms with Crippen molar-refractivity contribution in [2.24, 2.45) is 5.92 Å². The number of esters is 1. The molecule has 0 fully saturated rings. The summed E-state index contributed by atoms with van der Waals surface area (Å²) in [4.78, 5) is 24.2. The van der Waals surface area contributed by atoms with Crippen molar-refractivity contribution in [3.63, 3.8) is 0 Å². The van der Waals surface area contributed by atoms with E-state index in [1.807, 2.05) is 13.8 Å². The molecule has 0 unspecified atom stereocenters. The van der Waals surface area contributed by atoms with Crippen LogP contribution in [0.2, 0.25) is 0 Å². The van der Waals surface area contributed by atoms with Crippen LogP contribution < -0.4 is 0 Å². The van der Waals surface area contributed by atoms with Crippen LogP contribution in [-0.2, 0) is 14.3 Å². The molecule has 4 heteroatoms. The third-order valence-corrected chi connectivity index (χ3v) is 5.01. The highest BCUT2D eigenvalue weighted by Gasteiger charge is 2.38. The first-order valence-electron chi connectivity index (χ1n) is 8.71. The van der Waals surface area contributed by atoms with E-state index < -0.39 is 16.2 Å². The van der Waals surface area contributed by atoms with Crippen molar-refractivity contribution in [3.05, 3.63) is 0 Å². The lowest BCUT2D eigenvalue weighted by Gasteiger charge is -2.25. The Morgan fingerprint density at radius 3 is 1.95 bits per heavy atom. The van der Waals surface area contributed by atoms with Crippen LogP contribution in [0.15, 0.2) is 0 Å². The Labute approximate surface area is 144 Å². The van der Waals surface area contributed by atoms with Crippen molar-refractivity contribution in [2.75, 3.05) is 7.11 Å². The van der Waals surface area contributed by atoms with Crippen molar-refractivity contribution in [3.8, 4) is 0 Å². The Morgan fingerprint density at radius 1 is 1.00 bits per heavy atom. The fraction of sp³-hybridized carbons (Fsp3) is 0.889. The van der Waals surface area contributed by atoms with Gasteiger partial charge in [-0.2, -0.15) is 0 Å². The molecular weight excluding hydrogens is 344 g/mol. The molecule has 3 nitrogen and oxygen atoms in total. The van der Waals surface area contributed by atoms with E-state index in [-0.39, 0.29) is 5.78 Å². The normalized spacial score (nSPS) is 15.1. The number of carbonyl (C=O) groups excluding carboxylic acids is 2. The van der Waals surface area contributed by atoms with E-state index in [1.54, 1.807) is 0 Å². The predicted octanol–water partition coefficient (Wildman–Crippen LogP) is 5.44. The molecule has 0 N–H and O–H groups in total. The lowest BCUT2D eigenvalue weighted by atomic mass is 9.88. The van der Waals surface area contributed by atoms with Gasteiger partial charge in [0.15, 0.2) is 5.78 Å². The second-order valence-corrected chi connectivity index (χ2v) is 8.02. The maximum Gasteiger partial charge on any atom is 0.316 e. The van der Waals surface area contributed by atoms with Crippen LogP contribution in [0.5, 0.6) is 0 Å². The standard InChI is InChI=1S/C18H33BrO3/c1-5-7-8-9-10-11-12-13-14-18(3,19)16(20)15(6-2)17(21)22-4/h15H,5-14H2,1-4H3/t15-,18-/m0/s1. The van der Waals surface area contributed by atoms with E-state index in [1.165, 1.54) is 45.6 Å². The number of halogens is 1. The molecule has 0 saturated carbocycles. The van der Waals surface area contributed by atoms with E-state index in [2.05, 4.69) is 22.9 Å². The zero-order valence-corrected chi connectivity index (χ0v) is 16.3. The first-order chi connectivity index (χ1) is 10.4. The zero-order chi connectivity index (χ0) is 17.0. The average Bonchev–Trinajstić information content (AvgIpc) is 2.50. The number of hydrogen-bond acceptors (Lipinski definition) is 3. The van der Waals surface area contributed by atoms with Crippen molar-refractivity contribution >= 4 is 27.7 Å². The number of alkyl halides is 1. The summed E-state index contributed by atoms with van der Waals surface area (Å²) >= 11 is 3.53. The van der Waals surface area contributed by atoms with Gasteiger partial charge in [0.2, 0.25) is 0 Å². The molecule has 0 aromatic carbocycles. The lowest BCUT2D eigenvalue weighted by Crippen LogP contribution is -2.38. The van der Waals surface area contributed by atoms with Gasteiger partial charge in [-0.05, 0) is 19.8 Å². The van der Waals surface area contributed by atoms with E-state index >= 15 is 0 Å². The van der Waals surface area contributed by atoms with Crippen molar-refractivity contribution < 1.29 is 14.3 Å². The Bertz CT molecular complexity index is 326. The number of Topliss-reactive ketones (excluding diaryl/α,β-unsaturated/α-hetero) is 1. The second kappa shape index (κ2) is 12.1. The van der Waals surface area contributed by atoms with Gasteiger partial charge in [-0.3, -0.25) is 9.59 Å². The largest absolute Gasteiger partial charge is 0.468 e. The van der Waals surface area contributed by atoms with E-state index in [4.69, 9.17) is 4.74 Å². The fourth-order valence-electron chi connectivity index (χ4n) is 2.68. The molecule has 0 rings (SSSR count). The quantitative estimate of drug-likeness (QED) is 0.186. The summed E-state index contributed by atoms with van der Waals surface area (Å²) in [7, 11) is 1.34. The summed E-state index contributed by atoms with van der Waals surface area (Å²) in [6, 6.07) is 0. The molecule has 0 aliphatic rings. The van der Waals surface area contributed by atoms with Crippen LogP contribution in [0.25, 0.3) is 0 Å². The molecule has 0 bridgehead atoms. The molecule has 0 aromatic rings. The van der Waals surface area contributed by atoms with Crippen LogP contribution >= 0.6 is 15.9 Å². The Morgan fingerprint density at radius 2 is 1.50 bits per heavy atom.